The lowest BCUT2D eigenvalue weighted by Gasteiger charge is -2.38. The monoisotopic (exact) mass is 429 g/mol. The van der Waals surface area contributed by atoms with Crippen molar-refractivity contribution in [1.82, 2.24) is 4.90 Å². The summed E-state index contributed by atoms with van der Waals surface area (Å²) in [6, 6.07) is 27.1. The lowest BCUT2D eigenvalue weighted by atomic mass is 9.88. The molecule has 1 N–H and O–H groups in total. The summed E-state index contributed by atoms with van der Waals surface area (Å²) in [4.78, 5) is 2.44. The van der Waals surface area contributed by atoms with Crippen molar-refractivity contribution in [3.8, 4) is 5.75 Å². The summed E-state index contributed by atoms with van der Waals surface area (Å²) in [7, 11) is 0. The molecule has 0 bridgehead atoms. The van der Waals surface area contributed by atoms with Gasteiger partial charge in [0.05, 0.1) is 6.10 Å². The van der Waals surface area contributed by atoms with E-state index in [9.17, 15) is 5.11 Å². The average Bonchev–Trinajstić information content (AvgIpc) is 2.85. The molecule has 32 heavy (non-hydrogen) atoms. The highest BCUT2D eigenvalue weighted by Gasteiger charge is 2.27. The molecule has 0 amide bonds. The fourth-order valence-electron chi connectivity index (χ4n) is 4.60. The van der Waals surface area contributed by atoms with Crippen molar-refractivity contribution in [2.24, 2.45) is 5.92 Å². The standard InChI is InChI=1S/C29H35NO2/c1-22-8-10-24(11-9-22)20-25-16-18-30(19-17-25)23(2)29(31)27-12-14-28(15-13-27)32-21-26-6-4-3-5-7-26/h3-15,23,25,29,31H,16-21H2,1-2H3. The van der Waals surface area contributed by atoms with E-state index in [2.05, 4.69) is 55.1 Å². The second-order valence-electron chi connectivity index (χ2n) is 9.20. The SMILES string of the molecule is Cc1ccc(CC2CCN(C(C)C(O)c3ccc(OCc4ccccc4)cc3)CC2)cc1. The third-order valence-corrected chi connectivity index (χ3v) is 6.80. The lowest BCUT2D eigenvalue weighted by Crippen LogP contribution is -2.43. The molecular formula is C29H35NO2. The van der Waals surface area contributed by atoms with Gasteiger partial charge in [-0.1, -0.05) is 72.3 Å². The van der Waals surface area contributed by atoms with Crippen LogP contribution in [-0.4, -0.2) is 29.1 Å². The Morgan fingerprint density at radius 1 is 0.875 bits per heavy atom. The van der Waals surface area contributed by atoms with Gasteiger partial charge >= 0.3 is 0 Å². The molecule has 1 saturated heterocycles. The van der Waals surface area contributed by atoms with Crippen LogP contribution in [-0.2, 0) is 13.0 Å². The number of piperidine rings is 1. The first kappa shape index (κ1) is 22.6. The van der Waals surface area contributed by atoms with E-state index in [1.807, 2.05) is 42.5 Å². The highest BCUT2D eigenvalue weighted by atomic mass is 16.5. The number of hydrogen-bond donors (Lipinski definition) is 1. The molecule has 1 aliphatic heterocycles. The van der Waals surface area contributed by atoms with Crippen molar-refractivity contribution in [3.63, 3.8) is 0 Å². The van der Waals surface area contributed by atoms with Crippen LogP contribution in [0.1, 0.15) is 48.1 Å². The zero-order chi connectivity index (χ0) is 22.3. The van der Waals surface area contributed by atoms with Crippen LogP contribution in [0.3, 0.4) is 0 Å². The fourth-order valence-corrected chi connectivity index (χ4v) is 4.60. The minimum atomic E-state index is -0.494. The Morgan fingerprint density at radius 3 is 2.19 bits per heavy atom. The van der Waals surface area contributed by atoms with Crippen LogP contribution in [0.2, 0.25) is 0 Å². The predicted octanol–water partition coefficient (Wildman–Crippen LogP) is 5.95. The van der Waals surface area contributed by atoms with Crippen LogP contribution in [0.25, 0.3) is 0 Å². The van der Waals surface area contributed by atoms with Gasteiger partial charge < -0.3 is 9.84 Å². The molecule has 3 aromatic rings. The van der Waals surface area contributed by atoms with Crippen LogP contribution in [0.15, 0.2) is 78.9 Å². The van der Waals surface area contributed by atoms with Crippen molar-refractivity contribution in [1.29, 1.82) is 0 Å². The van der Waals surface area contributed by atoms with Gasteiger partial charge in [-0.25, -0.2) is 0 Å². The Balaban J connectivity index is 1.26. The first-order chi connectivity index (χ1) is 15.6. The number of benzene rings is 3. The molecular weight excluding hydrogens is 394 g/mol. The van der Waals surface area contributed by atoms with Gasteiger partial charge in [0.2, 0.25) is 0 Å². The molecule has 0 aliphatic carbocycles. The number of aliphatic hydroxyl groups excluding tert-OH is 1. The molecule has 3 heteroatoms. The second-order valence-corrected chi connectivity index (χ2v) is 9.20. The third kappa shape index (κ3) is 5.99. The smallest absolute Gasteiger partial charge is 0.119 e. The van der Waals surface area contributed by atoms with Gasteiger partial charge in [-0.05, 0) is 80.9 Å². The van der Waals surface area contributed by atoms with E-state index in [1.165, 1.54) is 24.0 Å². The van der Waals surface area contributed by atoms with Crippen LogP contribution >= 0.6 is 0 Å². The summed E-state index contributed by atoms with van der Waals surface area (Å²) in [5.74, 6) is 1.56. The normalized spacial score (nSPS) is 17.1. The minimum Gasteiger partial charge on any atom is -0.489 e. The fraction of sp³-hybridized carbons (Fsp3) is 0.379. The molecule has 4 rings (SSSR count). The lowest BCUT2D eigenvalue weighted by molar-refractivity contribution is 0.0373. The van der Waals surface area contributed by atoms with E-state index in [4.69, 9.17) is 4.74 Å². The Kier molecular flexibility index (Phi) is 7.62. The Labute approximate surface area is 192 Å². The Hall–Kier alpha value is -2.62. The van der Waals surface area contributed by atoms with Crippen molar-refractivity contribution in [3.05, 3.63) is 101 Å². The highest BCUT2D eigenvalue weighted by Crippen LogP contribution is 2.28. The molecule has 2 unspecified atom stereocenters. The van der Waals surface area contributed by atoms with Crippen molar-refractivity contribution in [2.45, 2.75) is 51.9 Å². The Bertz CT molecular complexity index is 945. The Morgan fingerprint density at radius 2 is 1.53 bits per heavy atom. The van der Waals surface area contributed by atoms with Gasteiger partial charge in [-0.15, -0.1) is 0 Å². The number of hydrogen-bond acceptors (Lipinski definition) is 3. The highest BCUT2D eigenvalue weighted by molar-refractivity contribution is 5.29. The van der Waals surface area contributed by atoms with E-state index in [1.54, 1.807) is 0 Å². The quantitative estimate of drug-likeness (QED) is 0.480. The number of rotatable bonds is 8. The molecule has 0 spiro atoms. The van der Waals surface area contributed by atoms with Gasteiger partial charge in [0.15, 0.2) is 0 Å². The first-order valence-corrected chi connectivity index (χ1v) is 11.8. The number of ether oxygens (including phenoxy) is 1. The molecule has 1 heterocycles. The third-order valence-electron chi connectivity index (χ3n) is 6.80. The predicted molar refractivity (Wildman–Crippen MR) is 131 cm³/mol. The maximum Gasteiger partial charge on any atom is 0.119 e. The molecule has 168 valence electrons. The van der Waals surface area contributed by atoms with Gasteiger partial charge in [0.25, 0.3) is 0 Å². The van der Waals surface area contributed by atoms with Crippen molar-refractivity contribution < 1.29 is 9.84 Å². The van der Waals surface area contributed by atoms with Crippen molar-refractivity contribution in [2.75, 3.05) is 13.1 Å². The molecule has 3 aromatic carbocycles. The summed E-state index contributed by atoms with van der Waals surface area (Å²) in [6.45, 7) is 6.93. The maximum atomic E-state index is 11.0. The molecule has 0 aromatic heterocycles. The van der Waals surface area contributed by atoms with Gasteiger partial charge in [-0.2, -0.15) is 0 Å². The van der Waals surface area contributed by atoms with E-state index < -0.39 is 6.10 Å². The second kappa shape index (κ2) is 10.8. The van der Waals surface area contributed by atoms with Crippen LogP contribution in [0.4, 0.5) is 0 Å². The molecule has 3 nitrogen and oxygen atoms in total. The summed E-state index contributed by atoms with van der Waals surface area (Å²) < 4.78 is 5.88. The van der Waals surface area contributed by atoms with E-state index in [0.717, 1.165) is 42.3 Å². The van der Waals surface area contributed by atoms with E-state index in [0.29, 0.717) is 6.61 Å². The summed E-state index contributed by atoms with van der Waals surface area (Å²) in [5.41, 5.74) is 4.86. The summed E-state index contributed by atoms with van der Waals surface area (Å²) in [5, 5.41) is 11.0. The number of likely N-dealkylation sites (tertiary alicyclic amines) is 1. The first-order valence-electron chi connectivity index (χ1n) is 11.8. The molecule has 1 fully saturated rings. The molecule has 0 radical (unpaired) electrons. The largest absolute Gasteiger partial charge is 0.489 e. The number of aryl methyl sites for hydroxylation is 1. The molecule has 1 aliphatic rings. The average molecular weight is 430 g/mol. The molecule has 0 saturated carbocycles. The van der Waals surface area contributed by atoms with Gasteiger partial charge in [0, 0.05) is 6.04 Å². The van der Waals surface area contributed by atoms with E-state index >= 15 is 0 Å². The maximum absolute atomic E-state index is 11.0. The van der Waals surface area contributed by atoms with Crippen LogP contribution in [0, 0.1) is 12.8 Å². The minimum absolute atomic E-state index is 0.103. The zero-order valence-electron chi connectivity index (χ0n) is 19.3. The topological polar surface area (TPSA) is 32.7 Å². The van der Waals surface area contributed by atoms with Gasteiger partial charge in [-0.3, -0.25) is 4.90 Å². The van der Waals surface area contributed by atoms with Gasteiger partial charge in [0.1, 0.15) is 12.4 Å². The molecule has 2 atom stereocenters. The summed E-state index contributed by atoms with van der Waals surface area (Å²) >= 11 is 0. The van der Waals surface area contributed by atoms with Crippen molar-refractivity contribution >= 4 is 0 Å². The number of aliphatic hydroxyl groups is 1. The van der Waals surface area contributed by atoms with Crippen LogP contribution in [0.5, 0.6) is 5.75 Å². The number of nitrogens with zero attached hydrogens (tertiary/aromatic N) is 1. The summed E-state index contributed by atoms with van der Waals surface area (Å²) in [6.07, 6.45) is 3.05. The van der Waals surface area contributed by atoms with Crippen LogP contribution < -0.4 is 4.74 Å². The van der Waals surface area contributed by atoms with E-state index in [-0.39, 0.29) is 6.04 Å². The zero-order valence-corrected chi connectivity index (χ0v) is 19.3.